The summed E-state index contributed by atoms with van der Waals surface area (Å²) < 4.78 is 34.8. The molecule has 2 N–H and O–H groups in total. The van der Waals surface area contributed by atoms with Crippen LogP contribution in [0.3, 0.4) is 0 Å². The maximum atomic E-state index is 11.6. The SMILES string of the molecule is CC#CCO/N=C(\N)C(F)(F)F. The molecule has 0 aromatic carbocycles. The fourth-order valence-corrected chi connectivity index (χ4v) is 0.258. The summed E-state index contributed by atoms with van der Waals surface area (Å²) in [6.45, 7) is 1.33. The second-order valence-electron chi connectivity index (χ2n) is 1.67. The van der Waals surface area contributed by atoms with Crippen molar-refractivity contribution < 1.29 is 18.0 Å². The van der Waals surface area contributed by atoms with Gasteiger partial charge in [0.05, 0.1) is 0 Å². The number of nitrogens with zero attached hydrogens (tertiary/aromatic N) is 1. The maximum absolute atomic E-state index is 11.6. The molecular formula is C6H7F3N2O. The van der Waals surface area contributed by atoms with Gasteiger partial charge in [0.2, 0.25) is 5.84 Å². The molecule has 0 amide bonds. The van der Waals surface area contributed by atoms with Gasteiger partial charge in [-0.25, -0.2) is 0 Å². The zero-order valence-electron chi connectivity index (χ0n) is 6.27. The molecule has 0 atom stereocenters. The van der Waals surface area contributed by atoms with Crippen LogP contribution < -0.4 is 5.73 Å². The molecule has 0 spiro atoms. The second-order valence-corrected chi connectivity index (χ2v) is 1.67. The highest BCUT2D eigenvalue weighted by atomic mass is 19.4. The summed E-state index contributed by atoms with van der Waals surface area (Å²) in [7, 11) is 0. The molecular weight excluding hydrogens is 173 g/mol. The molecule has 0 radical (unpaired) electrons. The van der Waals surface area contributed by atoms with Crippen LogP contribution >= 0.6 is 0 Å². The van der Waals surface area contributed by atoms with Crippen LogP contribution in [-0.2, 0) is 4.84 Å². The molecule has 12 heavy (non-hydrogen) atoms. The molecule has 0 saturated carbocycles. The molecule has 0 bridgehead atoms. The van der Waals surface area contributed by atoms with Gasteiger partial charge in [-0.05, 0) is 6.92 Å². The van der Waals surface area contributed by atoms with Crippen LogP contribution in [0.4, 0.5) is 13.2 Å². The third-order valence-electron chi connectivity index (χ3n) is 0.767. The fourth-order valence-electron chi connectivity index (χ4n) is 0.258. The summed E-state index contributed by atoms with van der Waals surface area (Å²) in [4.78, 5) is 4.13. The van der Waals surface area contributed by atoms with E-state index in [1.54, 1.807) is 0 Å². The van der Waals surface area contributed by atoms with Gasteiger partial charge in [-0.15, -0.1) is 5.92 Å². The van der Waals surface area contributed by atoms with Crippen LogP contribution in [0.1, 0.15) is 6.92 Å². The summed E-state index contributed by atoms with van der Waals surface area (Å²) in [5.74, 6) is 3.25. The van der Waals surface area contributed by atoms with Gasteiger partial charge in [-0.1, -0.05) is 11.1 Å². The van der Waals surface area contributed by atoms with E-state index < -0.39 is 12.0 Å². The van der Waals surface area contributed by atoms with Crippen LogP contribution in [0.15, 0.2) is 5.16 Å². The highest BCUT2D eigenvalue weighted by molar-refractivity contribution is 5.85. The van der Waals surface area contributed by atoms with Crippen molar-refractivity contribution in [2.75, 3.05) is 6.61 Å². The van der Waals surface area contributed by atoms with Crippen molar-refractivity contribution in [1.29, 1.82) is 0 Å². The lowest BCUT2D eigenvalue weighted by molar-refractivity contribution is -0.0630. The standard InChI is InChI=1S/C6H7F3N2O/c1-2-3-4-12-11-5(10)6(7,8)9/h4H2,1H3,(H2,10,11). The van der Waals surface area contributed by atoms with Crippen molar-refractivity contribution in [1.82, 2.24) is 0 Å². The minimum atomic E-state index is -4.64. The Bertz CT molecular complexity index is 223. The number of alkyl halides is 3. The lowest BCUT2D eigenvalue weighted by Gasteiger charge is -2.02. The Hall–Kier alpha value is -1.38. The summed E-state index contributed by atoms with van der Waals surface area (Å²) in [5.41, 5.74) is 4.48. The van der Waals surface area contributed by atoms with Crippen molar-refractivity contribution in [2.45, 2.75) is 13.1 Å². The third kappa shape index (κ3) is 4.44. The Morgan fingerprint density at radius 1 is 1.58 bits per heavy atom. The predicted octanol–water partition coefficient (Wildman–Crippen LogP) is 0.861. The van der Waals surface area contributed by atoms with Crippen molar-refractivity contribution in [3.8, 4) is 11.8 Å². The van der Waals surface area contributed by atoms with E-state index >= 15 is 0 Å². The molecule has 0 aliphatic heterocycles. The zero-order chi connectivity index (χ0) is 9.61. The molecule has 3 nitrogen and oxygen atoms in total. The number of oxime groups is 1. The van der Waals surface area contributed by atoms with Crippen LogP contribution in [-0.4, -0.2) is 18.6 Å². The molecule has 0 aromatic rings. The first kappa shape index (κ1) is 10.6. The van der Waals surface area contributed by atoms with E-state index in [0.29, 0.717) is 0 Å². The lowest BCUT2D eigenvalue weighted by Crippen LogP contribution is -2.31. The highest BCUT2D eigenvalue weighted by Gasteiger charge is 2.34. The lowest BCUT2D eigenvalue weighted by atomic mass is 10.6. The molecule has 0 saturated heterocycles. The van der Waals surface area contributed by atoms with E-state index in [1.807, 2.05) is 0 Å². The fraction of sp³-hybridized carbons (Fsp3) is 0.500. The monoisotopic (exact) mass is 180 g/mol. The van der Waals surface area contributed by atoms with E-state index in [-0.39, 0.29) is 6.61 Å². The van der Waals surface area contributed by atoms with E-state index in [2.05, 4.69) is 27.6 Å². The number of rotatable bonds is 2. The predicted molar refractivity (Wildman–Crippen MR) is 37.1 cm³/mol. The minimum Gasteiger partial charge on any atom is -0.381 e. The van der Waals surface area contributed by atoms with E-state index in [4.69, 9.17) is 0 Å². The summed E-state index contributed by atoms with van der Waals surface area (Å²) in [6.07, 6.45) is -4.64. The van der Waals surface area contributed by atoms with Crippen molar-refractivity contribution in [2.24, 2.45) is 10.9 Å². The molecule has 0 unspecified atom stereocenters. The highest BCUT2D eigenvalue weighted by Crippen LogP contribution is 2.13. The first-order valence-corrected chi connectivity index (χ1v) is 2.90. The van der Waals surface area contributed by atoms with Gasteiger partial charge in [0, 0.05) is 0 Å². The molecule has 0 rings (SSSR count). The maximum Gasteiger partial charge on any atom is 0.452 e. The second kappa shape index (κ2) is 4.49. The Morgan fingerprint density at radius 3 is 2.58 bits per heavy atom. The van der Waals surface area contributed by atoms with Crippen molar-refractivity contribution in [3.63, 3.8) is 0 Å². The first-order chi connectivity index (χ1) is 5.48. The molecule has 0 fully saturated rings. The summed E-state index contributed by atoms with van der Waals surface area (Å²) >= 11 is 0. The topological polar surface area (TPSA) is 47.6 Å². The first-order valence-electron chi connectivity index (χ1n) is 2.90. The Kier molecular flexibility index (Phi) is 3.97. The molecule has 68 valence electrons. The summed E-state index contributed by atoms with van der Waals surface area (Å²) in [6, 6.07) is 0. The number of hydrogen-bond acceptors (Lipinski definition) is 2. The van der Waals surface area contributed by atoms with Gasteiger partial charge >= 0.3 is 6.18 Å². The number of amidine groups is 1. The number of halogens is 3. The summed E-state index contributed by atoms with van der Waals surface area (Å²) in [5, 5.41) is 2.60. The minimum absolute atomic E-state index is 0.201. The van der Waals surface area contributed by atoms with Gasteiger partial charge in [0.1, 0.15) is 0 Å². The van der Waals surface area contributed by atoms with Gasteiger partial charge in [0.15, 0.2) is 6.61 Å². The van der Waals surface area contributed by atoms with Gasteiger partial charge in [0.25, 0.3) is 0 Å². The van der Waals surface area contributed by atoms with Crippen LogP contribution in [0.25, 0.3) is 0 Å². The zero-order valence-corrected chi connectivity index (χ0v) is 6.27. The Balaban J connectivity index is 3.91. The van der Waals surface area contributed by atoms with Crippen LogP contribution in [0.5, 0.6) is 0 Å². The molecule has 0 aliphatic rings. The van der Waals surface area contributed by atoms with Crippen molar-refractivity contribution in [3.05, 3.63) is 0 Å². The largest absolute Gasteiger partial charge is 0.452 e. The smallest absolute Gasteiger partial charge is 0.381 e. The van der Waals surface area contributed by atoms with Crippen molar-refractivity contribution >= 4 is 5.84 Å². The van der Waals surface area contributed by atoms with E-state index in [1.165, 1.54) is 6.92 Å². The third-order valence-corrected chi connectivity index (χ3v) is 0.767. The average Bonchev–Trinajstić information content (AvgIpc) is 1.96. The normalized spacial score (nSPS) is 11.8. The van der Waals surface area contributed by atoms with Gasteiger partial charge in [-0.3, -0.25) is 0 Å². The van der Waals surface area contributed by atoms with Crippen LogP contribution in [0.2, 0.25) is 0 Å². The quantitative estimate of drug-likeness (QED) is 0.225. The molecule has 0 aromatic heterocycles. The number of nitrogens with two attached hydrogens (primary N) is 1. The van der Waals surface area contributed by atoms with Gasteiger partial charge in [-0.2, -0.15) is 13.2 Å². The van der Waals surface area contributed by atoms with E-state index in [0.717, 1.165) is 0 Å². The van der Waals surface area contributed by atoms with E-state index in [9.17, 15) is 13.2 Å². The van der Waals surface area contributed by atoms with Gasteiger partial charge < -0.3 is 10.6 Å². The molecule has 6 heteroatoms. The van der Waals surface area contributed by atoms with Crippen LogP contribution in [0, 0.1) is 11.8 Å². The Labute approximate surface area is 67.4 Å². The molecule has 0 heterocycles. The average molecular weight is 180 g/mol. The molecule has 0 aliphatic carbocycles. The Morgan fingerprint density at radius 2 is 2.17 bits per heavy atom. The number of hydrogen-bond donors (Lipinski definition) is 1.